The summed E-state index contributed by atoms with van der Waals surface area (Å²) in [5.74, 6) is -4.96. The minimum Gasteiger partial charge on any atom is -0.322 e. The van der Waals surface area contributed by atoms with Gasteiger partial charge in [0.2, 0.25) is 5.91 Å². The molecule has 0 fully saturated rings. The standard InChI is InChI=1S/C17H14F3N3O/c1-23(9-12-4-2-3-11(7-12)8-21)10-15(24)22-14-6-5-13(18)16(19)17(14)20/h2-7H,9-10H2,1H3,(H,22,24). The van der Waals surface area contributed by atoms with Crippen LogP contribution in [0.1, 0.15) is 11.1 Å². The Hall–Kier alpha value is -2.85. The van der Waals surface area contributed by atoms with Gasteiger partial charge in [0, 0.05) is 6.54 Å². The molecule has 0 heterocycles. The van der Waals surface area contributed by atoms with Crippen molar-refractivity contribution in [2.45, 2.75) is 6.54 Å². The normalized spacial score (nSPS) is 10.5. The predicted octanol–water partition coefficient (Wildman–Crippen LogP) is 3.05. The fourth-order valence-corrected chi connectivity index (χ4v) is 2.16. The monoisotopic (exact) mass is 333 g/mol. The summed E-state index contributed by atoms with van der Waals surface area (Å²) in [6.45, 7) is 0.304. The van der Waals surface area contributed by atoms with E-state index in [1.807, 2.05) is 12.1 Å². The summed E-state index contributed by atoms with van der Waals surface area (Å²) in [7, 11) is 1.67. The van der Waals surface area contributed by atoms with Crippen molar-refractivity contribution in [3.63, 3.8) is 0 Å². The van der Waals surface area contributed by atoms with Gasteiger partial charge in [-0.2, -0.15) is 5.26 Å². The summed E-state index contributed by atoms with van der Waals surface area (Å²) in [4.78, 5) is 13.5. The Bertz CT molecular complexity index is 802. The molecular formula is C17H14F3N3O. The van der Waals surface area contributed by atoms with Gasteiger partial charge in [-0.1, -0.05) is 12.1 Å². The lowest BCUT2D eigenvalue weighted by molar-refractivity contribution is -0.117. The molecule has 0 unspecified atom stereocenters. The number of nitriles is 1. The van der Waals surface area contributed by atoms with E-state index in [-0.39, 0.29) is 6.54 Å². The lowest BCUT2D eigenvalue weighted by Crippen LogP contribution is -2.30. The molecule has 0 spiro atoms. The third-order valence-electron chi connectivity index (χ3n) is 3.23. The van der Waals surface area contributed by atoms with Crippen molar-refractivity contribution in [2.24, 2.45) is 0 Å². The minimum atomic E-state index is -1.63. The molecule has 2 aromatic carbocycles. The number of amides is 1. The van der Waals surface area contributed by atoms with Crippen LogP contribution < -0.4 is 5.32 Å². The summed E-state index contributed by atoms with van der Waals surface area (Å²) in [5.41, 5.74) is 0.927. The Labute approximate surface area is 137 Å². The lowest BCUT2D eigenvalue weighted by Gasteiger charge is -2.16. The van der Waals surface area contributed by atoms with Gasteiger partial charge < -0.3 is 5.32 Å². The van der Waals surface area contributed by atoms with E-state index in [0.29, 0.717) is 12.1 Å². The Morgan fingerprint density at radius 1 is 1.21 bits per heavy atom. The van der Waals surface area contributed by atoms with Crippen LogP contribution in [-0.4, -0.2) is 24.4 Å². The summed E-state index contributed by atoms with van der Waals surface area (Å²) in [6, 6.07) is 10.6. The molecule has 0 saturated heterocycles. The van der Waals surface area contributed by atoms with Gasteiger partial charge in [0.05, 0.1) is 23.9 Å². The zero-order valence-corrected chi connectivity index (χ0v) is 12.8. The van der Waals surface area contributed by atoms with E-state index in [1.54, 1.807) is 30.1 Å². The van der Waals surface area contributed by atoms with Crippen LogP contribution >= 0.6 is 0 Å². The smallest absolute Gasteiger partial charge is 0.238 e. The molecule has 0 saturated carbocycles. The van der Waals surface area contributed by atoms with Crippen LogP contribution in [0, 0.1) is 28.8 Å². The molecule has 0 aliphatic rings. The molecule has 24 heavy (non-hydrogen) atoms. The molecule has 7 heteroatoms. The summed E-state index contributed by atoms with van der Waals surface area (Å²) in [5, 5.41) is 11.1. The topological polar surface area (TPSA) is 56.1 Å². The number of rotatable bonds is 5. The van der Waals surface area contributed by atoms with Gasteiger partial charge >= 0.3 is 0 Å². The van der Waals surface area contributed by atoms with Crippen LogP contribution in [0.3, 0.4) is 0 Å². The first kappa shape index (κ1) is 17.5. The number of halogens is 3. The maximum Gasteiger partial charge on any atom is 0.238 e. The van der Waals surface area contributed by atoms with Crippen LogP contribution in [0.4, 0.5) is 18.9 Å². The molecule has 124 valence electrons. The average Bonchev–Trinajstić information content (AvgIpc) is 2.55. The van der Waals surface area contributed by atoms with Gasteiger partial charge in [-0.05, 0) is 36.9 Å². The maximum atomic E-state index is 13.5. The van der Waals surface area contributed by atoms with E-state index >= 15 is 0 Å². The highest BCUT2D eigenvalue weighted by atomic mass is 19.2. The van der Waals surface area contributed by atoms with E-state index in [2.05, 4.69) is 5.32 Å². The number of hydrogen-bond donors (Lipinski definition) is 1. The molecule has 4 nitrogen and oxygen atoms in total. The van der Waals surface area contributed by atoms with Crippen molar-refractivity contribution in [3.8, 4) is 6.07 Å². The van der Waals surface area contributed by atoms with Crippen LogP contribution in [0.5, 0.6) is 0 Å². The Morgan fingerprint density at radius 2 is 1.96 bits per heavy atom. The van der Waals surface area contributed by atoms with E-state index < -0.39 is 29.0 Å². The maximum absolute atomic E-state index is 13.5. The van der Waals surface area contributed by atoms with Gasteiger partial charge in [-0.25, -0.2) is 13.2 Å². The third kappa shape index (κ3) is 4.33. The first-order valence-corrected chi connectivity index (χ1v) is 7.01. The summed E-state index contributed by atoms with van der Waals surface area (Å²) < 4.78 is 39.5. The number of anilines is 1. The van der Waals surface area contributed by atoms with Crippen molar-refractivity contribution < 1.29 is 18.0 Å². The average molecular weight is 333 g/mol. The highest BCUT2D eigenvalue weighted by Crippen LogP contribution is 2.19. The molecule has 0 atom stereocenters. The number of nitrogens with one attached hydrogen (secondary N) is 1. The second-order valence-electron chi connectivity index (χ2n) is 5.26. The number of carbonyl (C=O) groups excluding carboxylic acids is 1. The zero-order valence-electron chi connectivity index (χ0n) is 12.8. The minimum absolute atomic E-state index is 0.0881. The van der Waals surface area contributed by atoms with Crippen LogP contribution in [0.2, 0.25) is 0 Å². The quantitative estimate of drug-likeness (QED) is 0.856. The molecule has 0 aliphatic heterocycles. The SMILES string of the molecule is CN(CC(=O)Nc1ccc(F)c(F)c1F)Cc1cccc(C#N)c1. The van der Waals surface area contributed by atoms with Crippen LogP contribution in [0.15, 0.2) is 36.4 Å². The number of carbonyl (C=O) groups is 1. The van der Waals surface area contributed by atoms with E-state index in [1.165, 1.54) is 0 Å². The molecule has 0 aromatic heterocycles. The molecule has 0 radical (unpaired) electrons. The zero-order chi connectivity index (χ0) is 17.7. The number of hydrogen-bond acceptors (Lipinski definition) is 3. The van der Waals surface area contributed by atoms with E-state index in [4.69, 9.17) is 5.26 Å². The fraction of sp³-hybridized carbons (Fsp3) is 0.176. The van der Waals surface area contributed by atoms with Crippen molar-refractivity contribution in [2.75, 3.05) is 18.9 Å². The second kappa shape index (κ2) is 7.62. The molecule has 2 aromatic rings. The third-order valence-corrected chi connectivity index (χ3v) is 3.23. The molecule has 2 rings (SSSR count). The Kier molecular flexibility index (Phi) is 5.55. The first-order valence-electron chi connectivity index (χ1n) is 7.01. The predicted molar refractivity (Wildman–Crippen MR) is 82.4 cm³/mol. The van der Waals surface area contributed by atoms with Crippen LogP contribution in [0.25, 0.3) is 0 Å². The number of likely N-dealkylation sites (N-methyl/N-ethyl adjacent to an activating group) is 1. The van der Waals surface area contributed by atoms with E-state index in [9.17, 15) is 18.0 Å². The van der Waals surface area contributed by atoms with Crippen molar-refractivity contribution in [1.82, 2.24) is 4.90 Å². The van der Waals surface area contributed by atoms with Gasteiger partial charge in [-0.3, -0.25) is 9.69 Å². The van der Waals surface area contributed by atoms with Crippen molar-refractivity contribution >= 4 is 11.6 Å². The Balaban J connectivity index is 1.97. The lowest BCUT2D eigenvalue weighted by atomic mass is 10.1. The van der Waals surface area contributed by atoms with Gasteiger partial charge in [0.1, 0.15) is 0 Å². The Morgan fingerprint density at radius 3 is 2.67 bits per heavy atom. The second-order valence-corrected chi connectivity index (χ2v) is 5.26. The highest BCUT2D eigenvalue weighted by molar-refractivity contribution is 5.92. The van der Waals surface area contributed by atoms with Crippen LogP contribution in [-0.2, 0) is 11.3 Å². The van der Waals surface area contributed by atoms with Gasteiger partial charge in [-0.15, -0.1) is 0 Å². The molecule has 1 N–H and O–H groups in total. The largest absolute Gasteiger partial charge is 0.322 e. The van der Waals surface area contributed by atoms with Crippen molar-refractivity contribution in [3.05, 3.63) is 65.0 Å². The molecule has 0 bridgehead atoms. The van der Waals surface area contributed by atoms with Gasteiger partial charge in [0.15, 0.2) is 17.5 Å². The van der Waals surface area contributed by atoms with Crippen molar-refractivity contribution in [1.29, 1.82) is 5.26 Å². The summed E-state index contributed by atoms with van der Waals surface area (Å²) in [6.07, 6.45) is 0. The van der Waals surface area contributed by atoms with Gasteiger partial charge in [0.25, 0.3) is 0 Å². The molecule has 0 aliphatic carbocycles. The number of benzene rings is 2. The number of nitrogens with zero attached hydrogens (tertiary/aromatic N) is 2. The molecule has 1 amide bonds. The summed E-state index contributed by atoms with van der Waals surface area (Å²) >= 11 is 0. The first-order chi connectivity index (χ1) is 11.4. The molecular weight excluding hydrogens is 319 g/mol. The fourth-order valence-electron chi connectivity index (χ4n) is 2.16. The highest BCUT2D eigenvalue weighted by Gasteiger charge is 2.16. The van der Waals surface area contributed by atoms with E-state index in [0.717, 1.165) is 17.7 Å².